The minimum atomic E-state index is -0.500. The molecule has 0 bridgehead atoms. The predicted molar refractivity (Wildman–Crippen MR) is 84.4 cm³/mol. The minimum Gasteiger partial charge on any atom is -0.271 e. The lowest BCUT2D eigenvalue weighted by Gasteiger charge is -2.10. The third kappa shape index (κ3) is 2.85. The first-order chi connectivity index (χ1) is 10.8. The van der Waals surface area contributed by atoms with Gasteiger partial charge in [0.15, 0.2) is 0 Å². The van der Waals surface area contributed by atoms with Gasteiger partial charge in [0, 0.05) is 0 Å². The molecule has 0 aliphatic rings. The van der Waals surface area contributed by atoms with Gasteiger partial charge in [-0.05, 0) is 24.6 Å². The minimum absolute atomic E-state index is 0.247. The van der Waals surface area contributed by atoms with Crippen LogP contribution in [0.4, 0.5) is 0 Å². The second-order valence-electron chi connectivity index (χ2n) is 4.84. The monoisotopic (exact) mass is 293 g/mol. The summed E-state index contributed by atoms with van der Waals surface area (Å²) in [5.74, 6) is -0.247. The molecular weight excluding hydrogens is 278 g/mol. The molecule has 3 aromatic rings. The highest BCUT2D eigenvalue weighted by atomic mass is 16.2. The van der Waals surface area contributed by atoms with E-state index in [9.17, 15) is 4.79 Å². The van der Waals surface area contributed by atoms with E-state index in [1.807, 2.05) is 54.6 Å². The number of aromatic nitrogens is 3. The van der Waals surface area contributed by atoms with Crippen LogP contribution in [0.3, 0.4) is 0 Å². The van der Waals surface area contributed by atoms with Crippen LogP contribution in [0, 0.1) is 0 Å². The molecule has 110 valence electrons. The molecule has 3 rings (SSSR count). The highest BCUT2D eigenvalue weighted by Gasteiger charge is 2.17. The third-order valence-corrected chi connectivity index (χ3v) is 3.31. The summed E-state index contributed by atoms with van der Waals surface area (Å²) in [4.78, 5) is 12.2. The Kier molecular flexibility index (Phi) is 3.91. The van der Waals surface area contributed by atoms with Crippen LogP contribution in [0.1, 0.15) is 18.5 Å². The Morgan fingerprint density at radius 3 is 2.73 bits per heavy atom. The largest absolute Gasteiger partial charge is 0.271 e. The van der Waals surface area contributed by atoms with Crippen molar-refractivity contribution in [2.45, 2.75) is 13.0 Å². The van der Waals surface area contributed by atoms with Crippen molar-refractivity contribution in [1.29, 1.82) is 0 Å². The molecule has 0 aliphatic carbocycles. The van der Waals surface area contributed by atoms with E-state index < -0.39 is 6.04 Å². The van der Waals surface area contributed by atoms with Crippen LogP contribution in [0.5, 0.6) is 0 Å². The van der Waals surface area contributed by atoms with E-state index in [-0.39, 0.29) is 5.91 Å². The molecular formula is C16H15N5O. The Morgan fingerprint density at radius 1 is 1.18 bits per heavy atom. The summed E-state index contributed by atoms with van der Waals surface area (Å²) in [7, 11) is 0. The Morgan fingerprint density at radius 2 is 1.91 bits per heavy atom. The van der Waals surface area contributed by atoms with Gasteiger partial charge in [-0.25, -0.2) is 10.1 Å². The average Bonchev–Trinajstić information content (AvgIpc) is 2.99. The van der Waals surface area contributed by atoms with E-state index in [4.69, 9.17) is 0 Å². The fourth-order valence-corrected chi connectivity index (χ4v) is 2.09. The molecule has 0 aliphatic heterocycles. The number of nitrogens with one attached hydrogen (secondary N) is 1. The zero-order chi connectivity index (χ0) is 15.4. The fraction of sp³-hybridized carbons (Fsp3) is 0.125. The van der Waals surface area contributed by atoms with E-state index in [0.717, 1.165) is 16.6 Å². The van der Waals surface area contributed by atoms with Crippen molar-refractivity contribution in [1.82, 2.24) is 20.4 Å². The van der Waals surface area contributed by atoms with Crippen LogP contribution in [-0.4, -0.2) is 27.1 Å². The molecule has 1 unspecified atom stereocenters. The maximum absolute atomic E-state index is 12.2. The van der Waals surface area contributed by atoms with E-state index in [1.165, 1.54) is 0 Å². The average molecular weight is 293 g/mol. The summed E-state index contributed by atoms with van der Waals surface area (Å²) < 4.78 is 1.59. The zero-order valence-corrected chi connectivity index (χ0v) is 12.0. The van der Waals surface area contributed by atoms with Gasteiger partial charge in [0.2, 0.25) is 0 Å². The van der Waals surface area contributed by atoms with Crippen molar-refractivity contribution in [2.24, 2.45) is 5.10 Å². The number of benzene rings is 2. The van der Waals surface area contributed by atoms with Crippen molar-refractivity contribution in [3.63, 3.8) is 0 Å². The summed E-state index contributed by atoms with van der Waals surface area (Å²) >= 11 is 0. The molecule has 0 saturated heterocycles. The Balaban J connectivity index is 1.71. The fourth-order valence-electron chi connectivity index (χ4n) is 2.09. The topological polar surface area (TPSA) is 72.2 Å². The van der Waals surface area contributed by atoms with Crippen LogP contribution in [0.25, 0.3) is 11.0 Å². The van der Waals surface area contributed by atoms with Gasteiger partial charge in [-0.15, -0.1) is 5.10 Å². The van der Waals surface area contributed by atoms with Gasteiger partial charge in [-0.3, -0.25) is 4.79 Å². The predicted octanol–water partition coefficient (Wildman–Crippen LogP) is 2.14. The Hall–Kier alpha value is -3.02. The normalized spacial score (nSPS) is 12.6. The van der Waals surface area contributed by atoms with Gasteiger partial charge in [0.05, 0.1) is 11.7 Å². The van der Waals surface area contributed by atoms with Gasteiger partial charge in [-0.1, -0.05) is 47.7 Å². The summed E-state index contributed by atoms with van der Waals surface area (Å²) in [6.45, 7) is 1.76. The molecule has 2 aromatic carbocycles. The highest BCUT2D eigenvalue weighted by Crippen LogP contribution is 2.15. The van der Waals surface area contributed by atoms with Crippen LogP contribution >= 0.6 is 0 Å². The lowest BCUT2D eigenvalue weighted by Crippen LogP contribution is -2.28. The number of hydrogen-bond donors (Lipinski definition) is 1. The van der Waals surface area contributed by atoms with Crippen molar-refractivity contribution >= 4 is 23.2 Å². The molecule has 0 saturated carbocycles. The molecule has 6 nitrogen and oxygen atoms in total. The van der Waals surface area contributed by atoms with Crippen LogP contribution in [0.2, 0.25) is 0 Å². The number of para-hydroxylation sites is 1. The van der Waals surface area contributed by atoms with Crippen LogP contribution in [0.15, 0.2) is 59.7 Å². The van der Waals surface area contributed by atoms with Gasteiger partial charge >= 0.3 is 0 Å². The Bertz CT molecular complexity index is 810. The molecule has 6 heteroatoms. The van der Waals surface area contributed by atoms with Crippen molar-refractivity contribution in [3.8, 4) is 0 Å². The zero-order valence-electron chi connectivity index (χ0n) is 12.0. The molecule has 0 spiro atoms. The standard InChI is InChI=1S/C16H15N5O/c1-12(21-15-10-6-5-9-14(15)18-20-21)16(22)19-17-11-13-7-3-2-4-8-13/h2-12H,1H3,(H,19,22). The second kappa shape index (κ2) is 6.17. The van der Waals surface area contributed by atoms with E-state index in [0.29, 0.717) is 0 Å². The smallest absolute Gasteiger partial charge is 0.264 e. The molecule has 0 fully saturated rings. The number of hydrogen-bond acceptors (Lipinski definition) is 4. The summed E-state index contributed by atoms with van der Waals surface area (Å²) in [5.41, 5.74) is 5.02. The number of nitrogens with zero attached hydrogens (tertiary/aromatic N) is 4. The lowest BCUT2D eigenvalue weighted by atomic mass is 10.2. The highest BCUT2D eigenvalue weighted by molar-refractivity contribution is 5.85. The Labute approximate surface area is 127 Å². The van der Waals surface area contributed by atoms with Gasteiger partial charge in [0.25, 0.3) is 5.91 Å². The summed E-state index contributed by atoms with van der Waals surface area (Å²) in [6, 6.07) is 16.6. The van der Waals surface area contributed by atoms with Gasteiger partial charge in [0.1, 0.15) is 11.6 Å². The number of carbonyl (C=O) groups excluding carboxylic acids is 1. The summed E-state index contributed by atoms with van der Waals surface area (Å²) in [6.07, 6.45) is 1.60. The SMILES string of the molecule is CC(C(=O)NN=Cc1ccccc1)n1nnc2ccccc21. The van der Waals surface area contributed by atoms with Gasteiger partial charge in [-0.2, -0.15) is 5.10 Å². The number of fused-ring (bicyclic) bond motifs is 1. The lowest BCUT2D eigenvalue weighted by molar-refractivity contribution is -0.124. The quantitative estimate of drug-likeness (QED) is 0.591. The van der Waals surface area contributed by atoms with E-state index in [2.05, 4.69) is 20.8 Å². The molecule has 22 heavy (non-hydrogen) atoms. The maximum Gasteiger partial charge on any atom is 0.264 e. The first-order valence-electron chi connectivity index (χ1n) is 6.93. The summed E-state index contributed by atoms with van der Waals surface area (Å²) in [5, 5.41) is 12.0. The van der Waals surface area contributed by atoms with E-state index >= 15 is 0 Å². The molecule has 1 heterocycles. The molecule has 1 aromatic heterocycles. The van der Waals surface area contributed by atoms with E-state index in [1.54, 1.807) is 17.8 Å². The molecule has 1 N–H and O–H groups in total. The van der Waals surface area contributed by atoms with Crippen molar-refractivity contribution in [3.05, 3.63) is 60.2 Å². The molecule has 1 amide bonds. The van der Waals surface area contributed by atoms with Crippen molar-refractivity contribution in [2.75, 3.05) is 0 Å². The first kappa shape index (κ1) is 13.9. The van der Waals surface area contributed by atoms with Crippen LogP contribution in [-0.2, 0) is 4.79 Å². The van der Waals surface area contributed by atoms with Gasteiger partial charge < -0.3 is 0 Å². The number of hydrazone groups is 1. The van der Waals surface area contributed by atoms with Crippen LogP contribution < -0.4 is 5.43 Å². The molecule has 1 atom stereocenters. The molecule has 0 radical (unpaired) electrons. The second-order valence-corrected chi connectivity index (χ2v) is 4.84. The first-order valence-corrected chi connectivity index (χ1v) is 6.93. The third-order valence-electron chi connectivity index (χ3n) is 3.31. The maximum atomic E-state index is 12.2. The van der Waals surface area contributed by atoms with Crippen molar-refractivity contribution < 1.29 is 4.79 Å². The number of rotatable bonds is 4. The number of amides is 1. The number of carbonyl (C=O) groups is 1.